The Bertz CT molecular complexity index is 636. The van der Waals surface area contributed by atoms with Crippen LogP contribution in [-0.2, 0) is 20.7 Å². The van der Waals surface area contributed by atoms with Crippen molar-refractivity contribution in [2.75, 3.05) is 26.2 Å². The van der Waals surface area contributed by atoms with Crippen molar-refractivity contribution >= 4 is 11.8 Å². The molecular weight excluding hydrogens is 344 g/mol. The first kappa shape index (κ1) is 19.9. The number of rotatable bonds is 6. The molecule has 0 bridgehead atoms. The number of nitrogens with one attached hydrogen (secondary N) is 1. The van der Waals surface area contributed by atoms with Gasteiger partial charge in [0.2, 0.25) is 5.91 Å². The quantitative estimate of drug-likeness (QED) is 0.824. The highest BCUT2D eigenvalue weighted by Gasteiger charge is 2.42. The molecule has 0 saturated carbocycles. The summed E-state index contributed by atoms with van der Waals surface area (Å²) < 4.78 is 5.65. The Balaban J connectivity index is 1.53. The zero-order chi connectivity index (χ0) is 19.4. The maximum atomic E-state index is 12.6. The predicted molar refractivity (Wildman–Crippen MR) is 102 cm³/mol. The van der Waals surface area contributed by atoms with E-state index in [1.807, 2.05) is 36.8 Å². The SMILES string of the molecule is CC(C)O[C@@H](C)C(=O)N1CCC2(CCC(=O)N(CCc3cnc[nH]3)C2)CC1. The molecule has 7 heteroatoms. The summed E-state index contributed by atoms with van der Waals surface area (Å²) in [6.45, 7) is 8.78. The molecule has 3 rings (SSSR count). The lowest BCUT2D eigenvalue weighted by Crippen LogP contribution is -2.53. The van der Waals surface area contributed by atoms with Gasteiger partial charge in [0, 0.05) is 50.9 Å². The fourth-order valence-electron chi connectivity index (χ4n) is 4.32. The molecular formula is C20H32N4O3. The molecule has 1 spiro atoms. The summed E-state index contributed by atoms with van der Waals surface area (Å²) in [6.07, 6.45) is 7.42. The van der Waals surface area contributed by atoms with Gasteiger partial charge in [-0.1, -0.05) is 0 Å². The normalized spacial score (nSPS) is 21.1. The number of likely N-dealkylation sites (tertiary alicyclic amines) is 2. The van der Waals surface area contributed by atoms with Gasteiger partial charge in [0.1, 0.15) is 6.10 Å². The van der Waals surface area contributed by atoms with E-state index >= 15 is 0 Å². The Labute approximate surface area is 161 Å². The minimum Gasteiger partial charge on any atom is -0.366 e. The average Bonchev–Trinajstić information content (AvgIpc) is 3.16. The summed E-state index contributed by atoms with van der Waals surface area (Å²) in [5.41, 5.74) is 1.21. The second-order valence-corrected chi connectivity index (χ2v) is 8.29. The van der Waals surface area contributed by atoms with Crippen molar-refractivity contribution in [2.45, 2.75) is 65.1 Å². The van der Waals surface area contributed by atoms with E-state index in [0.29, 0.717) is 6.42 Å². The summed E-state index contributed by atoms with van der Waals surface area (Å²) in [4.78, 5) is 36.0. The van der Waals surface area contributed by atoms with Crippen molar-refractivity contribution in [3.05, 3.63) is 18.2 Å². The molecule has 0 aromatic carbocycles. The Morgan fingerprint density at radius 3 is 2.67 bits per heavy atom. The number of hydrogen-bond acceptors (Lipinski definition) is 4. The fourth-order valence-corrected chi connectivity index (χ4v) is 4.32. The number of H-pyrrole nitrogens is 1. The number of amides is 2. The van der Waals surface area contributed by atoms with Crippen molar-refractivity contribution in [1.82, 2.24) is 19.8 Å². The first-order valence-electron chi connectivity index (χ1n) is 10.1. The molecule has 0 aliphatic carbocycles. The van der Waals surface area contributed by atoms with Gasteiger partial charge in [-0.3, -0.25) is 9.59 Å². The monoisotopic (exact) mass is 376 g/mol. The van der Waals surface area contributed by atoms with Gasteiger partial charge in [-0.2, -0.15) is 0 Å². The highest BCUT2D eigenvalue weighted by molar-refractivity contribution is 5.80. The van der Waals surface area contributed by atoms with Crippen molar-refractivity contribution in [1.29, 1.82) is 0 Å². The molecule has 2 aliphatic rings. The van der Waals surface area contributed by atoms with E-state index in [0.717, 1.165) is 57.6 Å². The van der Waals surface area contributed by atoms with Gasteiger partial charge < -0.3 is 19.5 Å². The van der Waals surface area contributed by atoms with Gasteiger partial charge in [-0.05, 0) is 45.4 Å². The molecule has 1 aromatic heterocycles. The summed E-state index contributed by atoms with van der Waals surface area (Å²) in [5, 5.41) is 0. The van der Waals surface area contributed by atoms with Gasteiger partial charge in [-0.25, -0.2) is 4.98 Å². The zero-order valence-corrected chi connectivity index (χ0v) is 16.7. The third-order valence-electron chi connectivity index (χ3n) is 5.91. The van der Waals surface area contributed by atoms with E-state index < -0.39 is 6.10 Å². The summed E-state index contributed by atoms with van der Waals surface area (Å²) in [7, 11) is 0. The number of ether oxygens (including phenoxy) is 1. The van der Waals surface area contributed by atoms with Crippen LogP contribution in [0.1, 0.15) is 52.1 Å². The van der Waals surface area contributed by atoms with E-state index in [-0.39, 0.29) is 23.3 Å². The molecule has 2 saturated heterocycles. The molecule has 7 nitrogen and oxygen atoms in total. The Morgan fingerprint density at radius 2 is 2.04 bits per heavy atom. The molecule has 2 aliphatic heterocycles. The average molecular weight is 377 g/mol. The third kappa shape index (κ3) is 4.89. The van der Waals surface area contributed by atoms with Gasteiger partial charge in [0.05, 0.1) is 12.4 Å². The molecule has 150 valence electrons. The lowest BCUT2D eigenvalue weighted by Gasteiger charge is -2.47. The number of nitrogens with zero attached hydrogens (tertiary/aromatic N) is 3. The van der Waals surface area contributed by atoms with Gasteiger partial charge in [-0.15, -0.1) is 0 Å². The highest BCUT2D eigenvalue weighted by atomic mass is 16.5. The van der Waals surface area contributed by atoms with Crippen molar-refractivity contribution in [3.63, 3.8) is 0 Å². The van der Waals surface area contributed by atoms with Crippen molar-refractivity contribution in [3.8, 4) is 0 Å². The number of piperidine rings is 2. The van der Waals surface area contributed by atoms with E-state index in [1.165, 1.54) is 0 Å². The summed E-state index contributed by atoms with van der Waals surface area (Å²) in [6, 6.07) is 0. The van der Waals surface area contributed by atoms with Crippen LogP contribution in [0.5, 0.6) is 0 Å². The molecule has 0 unspecified atom stereocenters. The number of hydrogen-bond donors (Lipinski definition) is 1. The minimum absolute atomic E-state index is 0.0490. The first-order valence-corrected chi connectivity index (χ1v) is 10.1. The van der Waals surface area contributed by atoms with Crippen LogP contribution in [0.25, 0.3) is 0 Å². The molecule has 3 heterocycles. The van der Waals surface area contributed by atoms with Crippen molar-refractivity contribution < 1.29 is 14.3 Å². The fraction of sp³-hybridized carbons (Fsp3) is 0.750. The largest absolute Gasteiger partial charge is 0.366 e. The van der Waals surface area contributed by atoms with Crippen LogP contribution >= 0.6 is 0 Å². The number of imidazole rings is 1. The first-order chi connectivity index (χ1) is 12.9. The summed E-state index contributed by atoms with van der Waals surface area (Å²) >= 11 is 0. The molecule has 1 atom stereocenters. The van der Waals surface area contributed by atoms with Crippen LogP contribution < -0.4 is 0 Å². The molecule has 0 radical (unpaired) electrons. The third-order valence-corrected chi connectivity index (χ3v) is 5.91. The number of carbonyl (C=O) groups excluding carboxylic acids is 2. The van der Waals surface area contributed by atoms with Gasteiger partial charge in [0.25, 0.3) is 5.91 Å². The van der Waals surface area contributed by atoms with Crippen LogP contribution in [0, 0.1) is 5.41 Å². The number of carbonyl (C=O) groups is 2. The maximum Gasteiger partial charge on any atom is 0.251 e. The van der Waals surface area contributed by atoms with E-state index in [1.54, 1.807) is 6.33 Å². The lowest BCUT2D eigenvalue weighted by molar-refractivity contribution is -0.150. The van der Waals surface area contributed by atoms with Crippen LogP contribution in [0.4, 0.5) is 0 Å². The van der Waals surface area contributed by atoms with Gasteiger partial charge in [0.15, 0.2) is 0 Å². The van der Waals surface area contributed by atoms with E-state index in [4.69, 9.17) is 4.74 Å². The van der Waals surface area contributed by atoms with Crippen molar-refractivity contribution in [2.24, 2.45) is 5.41 Å². The second kappa shape index (κ2) is 8.42. The van der Waals surface area contributed by atoms with Crippen LogP contribution in [0.15, 0.2) is 12.5 Å². The second-order valence-electron chi connectivity index (χ2n) is 8.29. The summed E-state index contributed by atoms with van der Waals surface area (Å²) in [5.74, 6) is 0.333. The predicted octanol–water partition coefficient (Wildman–Crippen LogP) is 2.00. The topological polar surface area (TPSA) is 78.5 Å². The molecule has 2 amide bonds. The Morgan fingerprint density at radius 1 is 1.30 bits per heavy atom. The highest BCUT2D eigenvalue weighted by Crippen LogP contribution is 2.40. The minimum atomic E-state index is -0.391. The molecule has 2 fully saturated rings. The lowest BCUT2D eigenvalue weighted by atomic mass is 9.72. The van der Waals surface area contributed by atoms with Crippen LogP contribution in [0.3, 0.4) is 0 Å². The maximum absolute atomic E-state index is 12.6. The molecule has 1 N–H and O–H groups in total. The Kier molecular flexibility index (Phi) is 6.19. The standard InChI is InChI=1S/C20H32N4O3/c1-15(2)27-16(3)19(26)23-10-7-20(8-11-23)6-4-18(25)24(13-20)9-5-17-12-21-14-22-17/h12,14-16H,4-11,13H2,1-3H3,(H,21,22)/t16-/m0/s1. The number of aromatic nitrogens is 2. The van der Waals surface area contributed by atoms with Gasteiger partial charge >= 0.3 is 0 Å². The molecule has 1 aromatic rings. The Hall–Kier alpha value is -1.89. The zero-order valence-electron chi connectivity index (χ0n) is 16.7. The van der Waals surface area contributed by atoms with Crippen LogP contribution in [-0.4, -0.2) is 70.0 Å². The molecule has 27 heavy (non-hydrogen) atoms. The van der Waals surface area contributed by atoms with Crippen LogP contribution in [0.2, 0.25) is 0 Å². The van der Waals surface area contributed by atoms with E-state index in [9.17, 15) is 9.59 Å². The van der Waals surface area contributed by atoms with E-state index in [2.05, 4.69) is 9.97 Å². The smallest absolute Gasteiger partial charge is 0.251 e. The number of aromatic amines is 1.